The highest BCUT2D eigenvalue weighted by molar-refractivity contribution is 6.29. The number of hydrogen-bond acceptors (Lipinski definition) is 4. The fraction of sp³-hybridized carbons (Fsp3) is 0.647. The van der Waals surface area contributed by atoms with Gasteiger partial charge >= 0.3 is 6.09 Å². The van der Waals surface area contributed by atoms with Crippen LogP contribution in [0.5, 0.6) is 0 Å². The predicted molar refractivity (Wildman–Crippen MR) is 91.7 cm³/mol. The van der Waals surface area contributed by atoms with E-state index >= 15 is 0 Å². The van der Waals surface area contributed by atoms with Gasteiger partial charge in [0.1, 0.15) is 10.8 Å². The molecule has 1 fully saturated rings. The molecule has 128 valence electrons. The highest BCUT2D eigenvalue weighted by atomic mass is 35.5. The van der Waals surface area contributed by atoms with Crippen molar-refractivity contribution >= 4 is 17.7 Å². The van der Waals surface area contributed by atoms with Gasteiger partial charge in [-0.05, 0) is 58.7 Å². The molecule has 0 spiro atoms. The van der Waals surface area contributed by atoms with E-state index < -0.39 is 5.60 Å². The van der Waals surface area contributed by atoms with Gasteiger partial charge in [-0.1, -0.05) is 17.7 Å². The van der Waals surface area contributed by atoms with Crippen molar-refractivity contribution in [1.82, 2.24) is 15.2 Å². The number of pyridine rings is 1. The molecule has 2 heterocycles. The van der Waals surface area contributed by atoms with E-state index in [0.29, 0.717) is 5.15 Å². The van der Waals surface area contributed by atoms with Gasteiger partial charge in [0.15, 0.2) is 0 Å². The molecule has 6 heteroatoms. The van der Waals surface area contributed by atoms with Gasteiger partial charge < -0.3 is 10.1 Å². The highest BCUT2D eigenvalue weighted by Gasteiger charge is 2.24. The van der Waals surface area contributed by atoms with Crippen LogP contribution in [0.3, 0.4) is 0 Å². The second-order valence-corrected chi connectivity index (χ2v) is 7.49. The Hall–Kier alpha value is -1.33. The van der Waals surface area contributed by atoms with Gasteiger partial charge in [-0.15, -0.1) is 0 Å². The molecule has 0 saturated carbocycles. The minimum atomic E-state index is -0.468. The first kappa shape index (κ1) is 18.0. The molecular weight excluding hydrogens is 314 g/mol. The van der Waals surface area contributed by atoms with E-state index in [9.17, 15) is 4.79 Å². The Morgan fingerprint density at radius 3 is 2.87 bits per heavy atom. The second-order valence-electron chi connectivity index (χ2n) is 7.10. The molecule has 0 aromatic carbocycles. The van der Waals surface area contributed by atoms with Crippen molar-refractivity contribution in [1.29, 1.82) is 0 Å². The highest BCUT2D eigenvalue weighted by Crippen LogP contribution is 2.17. The molecule has 1 aromatic heterocycles. The Morgan fingerprint density at radius 1 is 1.48 bits per heavy atom. The van der Waals surface area contributed by atoms with Gasteiger partial charge in [0.25, 0.3) is 0 Å². The number of carbonyl (C=O) groups is 1. The maximum absolute atomic E-state index is 11.9. The molecule has 1 aromatic rings. The molecule has 1 aliphatic rings. The molecule has 1 unspecified atom stereocenters. The third kappa shape index (κ3) is 5.99. The molecule has 5 nitrogen and oxygen atoms in total. The number of ether oxygens (including phenoxy) is 1. The molecule has 1 N–H and O–H groups in total. The Morgan fingerprint density at radius 2 is 2.22 bits per heavy atom. The summed E-state index contributed by atoms with van der Waals surface area (Å²) in [7, 11) is 0. The number of amides is 1. The lowest BCUT2D eigenvalue weighted by molar-refractivity contribution is 0.0470. The van der Waals surface area contributed by atoms with Crippen molar-refractivity contribution in [3.05, 3.63) is 28.5 Å². The first-order valence-electron chi connectivity index (χ1n) is 8.07. The summed E-state index contributed by atoms with van der Waals surface area (Å²) in [5.74, 6) is 0. The van der Waals surface area contributed by atoms with Gasteiger partial charge in [0.05, 0.1) is 0 Å². The first-order valence-corrected chi connectivity index (χ1v) is 8.44. The smallest absolute Gasteiger partial charge is 0.407 e. The Labute approximate surface area is 143 Å². The molecule has 0 aliphatic carbocycles. The lowest BCUT2D eigenvalue weighted by Crippen LogP contribution is -2.48. The normalized spacial score (nSPS) is 19.4. The fourth-order valence-corrected chi connectivity index (χ4v) is 2.95. The van der Waals surface area contributed by atoms with Crippen LogP contribution < -0.4 is 5.32 Å². The zero-order valence-electron chi connectivity index (χ0n) is 14.4. The largest absolute Gasteiger partial charge is 0.444 e. The third-order valence-electron chi connectivity index (χ3n) is 3.78. The minimum Gasteiger partial charge on any atom is -0.444 e. The number of nitrogens with zero attached hydrogens (tertiary/aromatic N) is 2. The zero-order chi connectivity index (χ0) is 17.0. The standard InChI is InChI=1S/C17H26ClN3O2/c1-12-13(7-8-15(18)19-12)10-21-9-5-6-14(11-21)20-16(22)23-17(2,3)4/h7-8,14H,5-6,9-11H2,1-4H3,(H,20,22). The average molecular weight is 340 g/mol. The number of likely N-dealkylation sites (tertiary alicyclic amines) is 1. The summed E-state index contributed by atoms with van der Waals surface area (Å²) in [5.41, 5.74) is 1.66. The van der Waals surface area contributed by atoms with Gasteiger partial charge in [-0.25, -0.2) is 9.78 Å². The van der Waals surface area contributed by atoms with Gasteiger partial charge in [0, 0.05) is 24.8 Å². The van der Waals surface area contributed by atoms with E-state index in [0.717, 1.165) is 38.2 Å². The number of aromatic nitrogens is 1. The average Bonchev–Trinajstić information content (AvgIpc) is 2.40. The number of aryl methyl sites for hydroxylation is 1. The molecule has 1 atom stereocenters. The summed E-state index contributed by atoms with van der Waals surface area (Å²) >= 11 is 5.91. The third-order valence-corrected chi connectivity index (χ3v) is 3.99. The SMILES string of the molecule is Cc1nc(Cl)ccc1CN1CCCC(NC(=O)OC(C)(C)C)C1. The molecular formula is C17H26ClN3O2. The van der Waals surface area contributed by atoms with E-state index in [2.05, 4.69) is 15.2 Å². The minimum absolute atomic E-state index is 0.124. The lowest BCUT2D eigenvalue weighted by Gasteiger charge is -2.33. The van der Waals surface area contributed by atoms with Crippen molar-refractivity contribution in [3.63, 3.8) is 0 Å². The number of rotatable bonds is 3. The number of piperidine rings is 1. The number of hydrogen-bond donors (Lipinski definition) is 1. The molecule has 2 rings (SSSR count). The quantitative estimate of drug-likeness (QED) is 0.856. The predicted octanol–water partition coefficient (Wildman–Crippen LogP) is 3.53. The molecule has 0 bridgehead atoms. The van der Waals surface area contributed by atoms with E-state index in [1.807, 2.05) is 39.8 Å². The first-order chi connectivity index (χ1) is 10.7. The van der Waals surface area contributed by atoms with Crippen LogP contribution in [0.15, 0.2) is 12.1 Å². The van der Waals surface area contributed by atoms with Crippen molar-refractivity contribution in [2.45, 2.75) is 58.7 Å². The van der Waals surface area contributed by atoms with Gasteiger partial charge in [0.2, 0.25) is 0 Å². The van der Waals surface area contributed by atoms with E-state index in [1.165, 1.54) is 5.56 Å². The summed E-state index contributed by atoms with van der Waals surface area (Å²) in [6, 6.07) is 3.97. The topological polar surface area (TPSA) is 54.5 Å². The van der Waals surface area contributed by atoms with Crippen molar-refractivity contribution < 1.29 is 9.53 Å². The fourth-order valence-electron chi connectivity index (χ4n) is 2.76. The molecule has 1 saturated heterocycles. The number of alkyl carbamates (subject to hydrolysis) is 1. The summed E-state index contributed by atoms with van der Waals surface area (Å²) in [5, 5.41) is 3.50. The van der Waals surface area contributed by atoms with Crippen molar-refractivity contribution in [3.8, 4) is 0 Å². The Bertz CT molecular complexity index is 557. The van der Waals surface area contributed by atoms with E-state index in [1.54, 1.807) is 0 Å². The monoisotopic (exact) mass is 339 g/mol. The maximum Gasteiger partial charge on any atom is 0.407 e. The van der Waals surface area contributed by atoms with Crippen LogP contribution in [0.25, 0.3) is 0 Å². The zero-order valence-corrected chi connectivity index (χ0v) is 15.1. The van der Waals surface area contributed by atoms with Crippen LogP contribution in [0.1, 0.15) is 44.9 Å². The lowest BCUT2D eigenvalue weighted by atomic mass is 10.0. The summed E-state index contributed by atoms with van der Waals surface area (Å²) in [6.45, 7) is 10.3. The van der Waals surface area contributed by atoms with Crippen LogP contribution in [0.2, 0.25) is 5.15 Å². The van der Waals surface area contributed by atoms with Crippen molar-refractivity contribution in [2.75, 3.05) is 13.1 Å². The van der Waals surface area contributed by atoms with Crippen LogP contribution in [-0.4, -0.2) is 40.7 Å². The molecule has 1 aliphatic heterocycles. The number of carbonyl (C=O) groups excluding carboxylic acids is 1. The van der Waals surface area contributed by atoms with Crippen molar-refractivity contribution in [2.24, 2.45) is 0 Å². The number of nitrogens with one attached hydrogen (secondary N) is 1. The van der Waals surface area contributed by atoms with Gasteiger partial charge in [-0.3, -0.25) is 4.90 Å². The van der Waals surface area contributed by atoms with Gasteiger partial charge in [-0.2, -0.15) is 0 Å². The molecule has 1 amide bonds. The second kappa shape index (κ2) is 7.49. The van der Waals surface area contributed by atoms with Crippen LogP contribution >= 0.6 is 11.6 Å². The van der Waals surface area contributed by atoms with Crippen LogP contribution in [0.4, 0.5) is 4.79 Å². The summed E-state index contributed by atoms with van der Waals surface area (Å²) in [4.78, 5) is 18.5. The van der Waals surface area contributed by atoms with E-state index in [-0.39, 0.29) is 12.1 Å². The molecule has 0 radical (unpaired) electrons. The maximum atomic E-state index is 11.9. The number of halogens is 1. The molecule has 23 heavy (non-hydrogen) atoms. The Balaban J connectivity index is 1.89. The van der Waals surface area contributed by atoms with Crippen LogP contribution in [-0.2, 0) is 11.3 Å². The summed E-state index contributed by atoms with van der Waals surface area (Å²) in [6.07, 6.45) is 1.70. The van der Waals surface area contributed by atoms with E-state index in [4.69, 9.17) is 16.3 Å². The van der Waals surface area contributed by atoms with Crippen LogP contribution in [0, 0.1) is 6.92 Å². The summed E-state index contributed by atoms with van der Waals surface area (Å²) < 4.78 is 5.33. The Kier molecular flexibility index (Phi) is 5.87.